The molecule has 6 heteroatoms. The van der Waals surface area contributed by atoms with E-state index < -0.39 is 17.9 Å². The summed E-state index contributed by atoms with van der Waals surface area (Å²) in [5.74, 6) is -0.239. The van der Waals surface area contributed by atoms with Crippen molar-refractivity contribution in [1.29, 1.82) is 0 Å². The lowest BCUT2D eigenvalue weighted by molar-refractivity contribution is -0.137. The lowest BCUT2D eigenvalue weighted by atomic mass is 9.90. The summed E-state index contributed by atoms with van der Waals surface area (Å²) in [7, 11) is 0. The van der Waals surface area contributed by atoms with E-state index in [0.717, 1.165) is 19.3 Å². The molecule has 1 aliphatic heterocycles. The number of hydrogen-bond donors (Lipinski definition) is 1. The summed E-state index contributed by atoms with van der Waals surface area (Å²) in [4.78, 5) is 24.1. The zero-order valence-corrected chi connectivity index (χ0v) is 19.3. The monoisotopic (exact) mass is 399 g/mol. The summed E-state index contributed by atoms with van der Waals surface area (Å²) >= 11 is 0. The molecule has 1 fully saturated rings. The molecule has 0 saturated carbocycles. The van der Waals surface area contributed by atoms with Crippen LogP contribution in [0.3, 0.4) is 0 Å². The summed E-state index contributed by atoms with van der Waals surface area (Å²) in [5.41, 5.74) is -0.504. The van der Waals surface area contributed by atoms with E-state index in [-0.39, 0.29) is 11.5 Å². The largest absolute Gasteiger partial charge is 0.463 e. The molecular formula is C22H41NO5. The highest BCUT2D eigenvalue weighted by atomic mass is 16.6. The Kier molecular flexibility index (Phi) is 10.2. The minimum atomic E-state index is -0.713. The van der Waals surface area contributed by atoms with Gasteiger partial charge >= 0.3 is 12.1 Å². The maximum absolute atomic E-state index is 11.8. The van der Waals surface area contributed by atoms with Gasteiger partial charge in [0, 0.05) is 11.6 Å². The van der Waals surface area contributed by atoms with Gasteiger partial charge in [0.05, 0.1) is 6.61 Å². The summed E-state index contributed by atoms with van der Waals surface area (Å²) in [5, 5.41) is 9.72. The van der Waals surface area contributed by atoms with Crippen molar-refractivity contribution in [1.82, 2.24) is 4.90 Å². The summed E-state index contributed by atoms with van der Waals surface area (Å²) in [6.07, 6.45) is 5.68. The van der Waals surface area contributed by atoms with Crippen LogP contribution in [0.25, 0.3) is 0 Å². The van der Waals surface area contributed by atoms with Gasteiger partial charge in [-0.1, -0.05) is 26.8 Å². The number of carbonyl (C=O) groups excluding carboxylic acids is 2. The first-order chi connectivity index (χ1) is 12.6. The fourth-order valence-electron chi connectivity index (χ4n) is 2.70. The molecule has 1 N–H and O–H groups in total. The third-order valence-corrected chi connectivity index (χ3v) is 4.16. The van der Waals surface area contributed by atoms with E-state index >= 15 is 0 Å². The van der Waals surface area contributed by atoms with Crippen molar-refractivity contribution >= 4 is 12.1 Å². The number of likely N-dealkylation sites (tertiary alicyclic amines) is 1. The van der Waals surface area contributed by atoms with Gasteiger partial charge < -0.3 is 14.6 Å². The molecular weight excluding hydrogens is 358 g/mol. The van der Waals surface area contributed by atoms with Crippen LogP contribution < -0.4 is 0 Å². The van der Waals surface area contributed by atoms with E-state index in [4.69, 9.17) is 9.47 Å². The number of esters is 1. The third-order valence-electron chi connectivity index (χ3n) is 4.16. The highest BCUT2D eigenvalue weighted by Gasteiger charge is 2.43. The Morgan fingerprint density at radius 3 is 2.14 bits per heavy atom. The lowest BCUT2D eigenvalue weighted by Crippen LogP contribution is -2.49. The number of nitrogens with zero attached hydrogens (tertiary/aromatic N) is 1. The van der Waals surface area contributed by atoms with Gasteiger partial charge in [-0.05, 0) is 72.6 Å². The van der Waals surface area contributed by atoms with Crippen LogP contribution in [0.15, 0.2) is 12.2 Å². The van der Waals surface area contributed by atoms with E-state index in [9.17, 15) is 14.7 Å². The van der Waals surface area contributed by atoms with Crippen LogP contribution in [-0.4, -0.2) is 46.0 Å². The zero-order valence-electron chi connectivity index (χ0n) is 19.3. The Morgan fingerprint density at radius 1 is 1.18 bits per heavy atom. The first kappa shape index (κ1) is 26.4. The number of rotatable bonds is 4. The van der Waals surface area contributed by atoms with Crippen molar-refractivity contribution in [2.24, 2.45) is 5.41 Å². The predicted molar refractivity (Wildman–Crippen MR) is 112 cm³/mol. The van der Waals surface area contributed by atoms with Gasteiger partial charge in [-0.2, -0.15) is 0 Å². The molecule has 28 heavy (non-hydrogen) atoms. The van der Waals surface area contributed by atoms with Crippen LogP contribution >= 0.6 is 0 Å². The standard InChI is InChI=1S/C11H21NO3.C11H20O2/c1-10(2,3)15-9(14)12-8(13)6-7-11(12,4)5;1-5-13-10(12)8-6-7-9-11(2,3)4/h8,13H,6-7H2,1-5H3;6,8H,5,7,9H2,1-4H3/b;8-6+. The Hall–Kier alpha value is -1.56. The molecule has 0 spiro atoms. The second-order valence-electron chi connectivity index (χ2n) is 9.94. The Labute approximate surface area is 171 Å². The number of aliphatic hydroxyl groups is 1. The number of aliphatic hydroxyl groups excluding tert-OH is 1. The highest BCUT2D eigenvalue weighted by Crippen LogP contribution is 2.33. The summed E-state index contributed by atoms with van der Waals surface area (Å²) < 4.78 is 10.0. The number of amides is 1. The van der Waals surface area contributed by atoms with Crippen LogP contribution in [0.5, 0.6) is 0 Å². The van der Waals surface area contributed by atoms with Crippen LogP contribution in [0.2, 0.25) is 0 Å². The van der Waals surface area contributed by atoms with Crippen molar-refractivity contribution in [2.45, 2.75) is 105 Å². The summed E-state index contributed by atoms with van der Waals surface area (Å²) in [6, 6.07) is 0. The predicted octanol–water partition coefficient (Wildman–Crippen LogP) is 5.05. The Morgan fingerprint density at radius 2 is 1.75 bits per heavy atom. The molecule has 0 aliphatic carbocycles. The maximum Gasteiger partial charge on any atom is 0.412 e. The molecule has 1 atom stereocenters. The molecule has 0 bridgehead atoms. The van der Waals surface area contributed by atoms with Crippen molar-refractivity contribution in [2.75, 3.05) is 6.61 Å². The molecule has 0 radical (unpaired) electrons. The van der Waals surface area contributed by atoms with Gasteiger partial charge in [-0.3, -0.25) is 4.90 Å². The average Bonchev–Trinajstić information content (AvgIpc) is 2.75. The smallest absolute Gasteiger partial charge is 0.412 e. The number of allylic oxidation sites excluding steroid dienone is 1. The quantitative estimate of drug-likeness (QED) is 0.529. The van der Waals surface area contributed by atoms with E-state index in [0.29, 0.717) is 18.4 Å². The van der Waals surface area contributed by atoms with Crippen LogP contribution in [0, 0.1) is 5.41 Å². The lowest BCUT2D eigenvalue weighted by Gasteiger charge is -2.35. The number of carbonyl (C=O) groups is 2. The van der Waals surface area contributed by atoms with Gasteiger partial charge in [0.1, 0.15) is 11.8 Å². The van der Waals surface area contributed by atoms with Gasteiger partial charge in [0.15, 0.2) is 0 Å². The van der Waals surface area contributed by atoms with E-state index in [2.05, 4.69) is 20.8 Å². The van der Waals surface area contributed by atoms with E-state index in [1.54, 1.807) is 6.92 Å². The molecule has 1 aliphatic rings. The van der Waals surface area contributed by atoms with Crippen LogP contribution in [0.4, 0.5) is 4.79 Å². The SMILES string of the molecule is CC(C)(C)OC(=O)N1C(O)CCC1(C)C.CCOC(=O)/C=C/CCC(C)(C)C. The van der Waals surface area contributed by atoms with Gasteiger partial charge in [0.25, 0.3) is 0 Å². The zero-order chi connectivity index (χ0) is 22.2. The molecule has 164 valence electrons. The van der Waals surface area contributed by atoms with Crippen molar-refractivity contribution in [3.05, 3.63) is 12.2 Å². The Balaban J connectivity index is 0.000000528. The molecule has 1 saturated heterocycles. The van der Waals surface area contributed by atoms with Crippen LogP contribution in [0.1, 0.15) is 88.0 Å². The fourth-order valence-corrected chi connectivity index (χ4v) is 2.70. The van der Waals surface area contributed by atoms with Gasteiger partial charge in [-0.15, -0.1) is 0 Å². The van der Waals surface area contributed by atoms with Crippen LogP contribution in [-0.2, 0) is 14.3 Å². The molecule has 0 aromatic heterocycles. The maximum atomic E-state index is 11.8. The minimum absolute atomic E-state index is 0.239. The Bertz CT molecular complexity index is 526. The molecule has 1 rings (SSSR count). The molecule has 6 nitrogen and oxygen atoms in total. The molecule has 1 heterocycles. The highest BCUT2D eigenvalue weighted by molar-refractivity contribution is 5.81. The third kappa shape index (κ3) is 11.3. The van der Waals surface area contributed by atoms with Gasteiger partial charge in [-0.25, -0.2) is 9.59 Å². The molecule has 1 unspecified atom stereocenters. The first-order valence-electron chi connectivity index (χ1n) is 10.1. The fraction of sp³-hybridized carbons (Fsp3) is 0.818. The number of hydrogen-bond acceptors (Lipinski definition) is 5. The second kappa shape index (κ2) is 10.8. The normalized spacial score (nSPS) is 19.2. The molecule has 1 amide bonds. The van der Waals surface area contributed by atoms with E-state index in [1.807, 2.05) is 40.7 Å². The molecule has 0 aromatic carbocycles. The second-order valence-corrected chi connectivity index (χ2v) is 9.94. The minimum Gasteiger partial charge on any atom is -0.463 e. The van der Waals surface area contributed by atoms with E-state index in [1.165, 1.54) is 11.0 Å². The summed E-state index contributed by atoms with van der Waals surface area (Å²) in [6.45, 7) is 18.1. The van der Waals surface area contributed by atoms with Crippen molar-refractivity contribution in [3.8, 4) is 0 Å². The topological polar surface area (TPSA) is 76.1 Å². The van der Waals surface area contributed by atoms with Crippen molar-refractivity contribution < 1.29 is 24.2 Å². The van der Waals surface area contributed by atoms with Crippen molar-refractivity contribution in [3.63, 3.8) is 0 Å². The first-order valence-corrected chi connectivity index (χ1v) is 10.1. The number of ether oxygens (including phenoxy) is 2. The molecule has 0 aromatic rings. The average molecular weight is 400 g/mol. The van der Waals surface area contributed by atoms with Gasteiger partial charge in [0.2, 0.25) is 0 Å².